The molecule has 3 aromatic rings. The van der Waals surface area contributed by atoms with Gasteiger partial charge < -0.3 is 31.7 Å². The number of aromatic nitrogens is 2. The summed E-state index contributed by atoms with van der Waals surface area (Å²) in [6, 6.07) is 8.19. The minimum Gasteiger partial charge on any atom is -0.496 e. The van der Waals surface area contributed by atoms with Crippen molar-refractivity contribution in [3.63, 3.8) is 0 Å². The maximum absolute atomic E-state index is 13.6. The number of carbonyl (C=O) groups is 2. The Morgan fingerprint density at radius 2 is 1.84 bits per heavy atom. The van der Waals surface area contributed by atoms with Gasteiger partial charge in [0.15, 0.2) is 0 Å². The van der Waals surface area contributed by atoms with Gasteiger partial charge in [0.25, 0.3) is 0 Å². The predicted octanol–water partition coefficient (Wildman–Crippen LogP) is 5.50. The van der Waals surface area contributed by atoms with Crippen LogP contribution in [0.5, 0.6) is 5.75 Å². The largest absolute Gasteiger partial charge is 0.496 e. The van der Waals surface area contributed by atoms with Crippen LogP contribution in [0, 0.1) is 11.7 Å². The highest BCUT2D eigenvalue weighted by atomic mass is 35.5. The number of hydrogen-bond donors (Lipinski definition) is 4. The van der Waals surface area contributed by atoms with Gasteiger partial charge in [-0.25, -0.2) is 14.4 Å². The molecule has 0 atom stereocenters. The zero-order valence-corrected chi connectivity index (χ0v) is 26.2. The second-order valence-corrected chi connectivity index (χ2v) is 11.1. The van der Waals surface area contributed by atoms with Crippen LogP contribution in [-0.4, -0.2) is 53.9 Å². The number of methoxy groups -OCH3 is 1. The van der Waals surface area contributed by atoms with Crippen molar-refractivity contribution in [1.82, 2.24) is 20.2 Å². The SMILES string of the molecule is C=C(CCCCCCC(N)=O)N/C(=C\C)c1cc2c(Nc3ccc(F)c(Cl)c3)ncnc2cc1OC.CN1CC(C(N)=O)C1. The second kappa shape index (κ2) is 16.6. The normalized spacial score (nSPS) is 13.4. The Kier molecular flexibility index (Phi) is 12.9. The van der Waals surface area contributed by atoms with Crippen molar-refractivity contribution < 1.29 is 18.7 Å². The van der Waals surface area contributed by atoms with E-state index in [0.717, 1.165) is 67.5 Å². The van der Waals surface area contributed by atoms with Gasteiger partial charge in [0.2, 0.25) is 11.8 Å². The summed E-state index contributed by atoms with van der Waals surface area (Å²) in [7, 11) is 3.58. The zero-order chi connectivity index (χ0) is 32.2. The number of halogens is 2. The third-order valence-corrected chi connectivity index (χ3v) is 7.44. The standard InChI is InChI=1S/C27H31ClFN5O2.C5H10N2O/c1-4-23(33-17(2)9-7-5-6-8-10-26(30)35)19-14-20-24(15-25(19)36-3)31-16-32-27(20)34-18-11-12-22(29)21(28)13-18;1-7-2-4(3-7)5(6)8/h4,11-16,33H,2,5-10H2,1,3H3,(H2,30,35)(H,31,32,34);4H,2-3H2,1H3,(H2,6,8)/b23-4-;. The molecule has 0 radical (unpaired) electrons. The summed E-state index contributed by atoms with van der Waals surface area (Å²) in [5.74, 6) is 0.418. The number of allylic oxidation sites excluding steroid dienone is 2. The fourth-order valence-corrected chi connectivity index (χ4v) is 4.87. The maximum Gasteiger partial charge on any atom is 0.223 e. The number of nitrogens with zero attached hydrogens (tertiary/aromatic N) is 3. The molecule has 0 bridgehead atoms. The molecule has 1 aliphatic rings. The molecule has 12 heteroatoms. The van der Waals surface area contributed by atoms with Gasteiger partial charge in [-0.05, 0) is 57.5 Å². The predicted molar refractivity (Wildman–Crippen MR) is 174 cm³/mol. The number of unbranched alkanes of at least 4 members (excludes halogenated alkanes) is 3. The zero-order valence-electron chi connectivity index (χ0n) is 25.5. The molecule has 4 rings (SSSR count). The fourth-order valence-electron chi connectivity index (χ4n) is 4.69. The van der Waals surface area contributed by atoms with Crippen LogP contribution in [0.15, 0.2) is 55.0 Å². The van der Waals surface area contributed by atoms with Gasteiger partial charge in [-0.15, -0.1) is 0 Å². The summed E-state index contributed by atoms with van der Waals surface area (Å²) in [6.45, 7) is 7.79. The summed E-state index contributed by atoms with van der Waals surface area (Å²) < 4.78 is 19.2. The molecule has 44 heavy (non-hydrogen) atoms. The number of hydrogen-bond acceptors (Lipinski definition) is 8. The van der Waals surface area contributed by atoms with E-state index < -0.39 is 5.82 Å². The first-order valence-corrected chi connectivity index (χ1v) is 14.8. The van der Waals surface area contributed by atoms with Crippen LogP contribution in [0.2, 0.25) is 5.02 Å². The molecule has 2 heterocycles. The van der Waals surface area contributed by atoms with Crippen molar-refractivity contribution >= 4 is 51.5 Å². The third kappa shape index (κ3) is 9.92. The number of rotatable bonds is 14. The van der Waals surface area contributed by atoms with Crippen molar-refractivity contribution in [3.8, 4) is 5.75 Å². The lowest BCUT2D eigenvalue weighted by molar-refractivity contribution is -0.126. The number of amides is 2. The lowest BCUT2D eigenvalue weighted by Crippen LogP contribution is -2.50. The summed E-state index contributed by atoms with van der Waals surface area (Å²) >= 11 is 5.94. The lowest BCUT2D eigenvalue weighted by Gasteiger charge is -2.33. The van der Waals surface area contributed by atoms with Gasteiger partial charge in [0.1, 0.15) is 23.7 Å². The van der Waals surface area contributed by atoms with Crippen LogP contribution in [0.25, 0.3) is 16.6 Å². The molecule has 6 N–H and O–H groups in total. The van der Waals surface area contributed by atoms with Crippen LogP contribution in [0.1, 0.15) is 51.0 Å². The summed E-state index contributed by atoms with van der Waals surface area (Å²) in [5.41, 5.74) is 14.0. The Balaban J connectivity index is 0.000000572. The molecular formula is C32H41ClFN7O3. The molecule has 1 fully saturated rings. The molecule has 0 unspecified atom stereocenters. The van der Waals surface area contributed by atoms with Crippen molar-refractivity contribution in [3.05, 3.63) is 71.4 Å². The maximum atomic E-state index is 13.6. The third-order valence-electron chi connectivity index (χ3n) is 7.15. The number of primary amides is 2. The number of nitrogens with two attached hydrogens (primary N) is 2. The minimum atomic E-state index is -0.489. The Bertz CT molecular complexity index is 1510. The molecule has 0 spiro atoms. The first-order chi connectivity index (χ1) is 21.0. The Morgan fingerprint density at radius 1 is 1.14 bits per heavy atom. The Labute approximate surface area is 262 Å². The van der Waals surface area contributed by atoms with Crippen LogP contribution in [0.4, 0.5) is 15.9 Å². The number of likely N-dealkylation sites (tertiary alicyclic amines) is 1. The van der Waals surface area contributed by atoms with Crippen LogP contribution >= 0.6 is 11.6 Å². The van der Waals surface area contributed by atoms with Crippen molar-refractivity contribution in [2.24, 2.45) is 17.4 Å². The summed E-state index contributed by atoms with van der Waals surface area (Å²) in [6.07, 6.45) is 8.36. The monoisotopic (exact) mass is 625 g/mol. The van der Waals surface area contributed by atoms with Crippen molar-refractivity contribution in [1.29, 1.82) is 0 Å². The number of benzene rings is 2. The summed E-state index contributed by atoms with van der Waals surface area (Å²) in [5, 5.41) is 7.39. The topological polar surface area (TPSA) is 148 Å². The quantitative estimate of drug-likeness (QED) is 0.172. The molecule has 236 valence electrons. The van der Waals surface area contributed by atoms with E-state index in [4.69, 9.17) is 27.8 Å². The number of fused-ring (bicyclic) bond motifs is 1. The highest BCUT2D eigenvalue weighted by Gasteiger charge is 2.27. The van der Waals surface area contributed by atoms with E-state index in [1.807, 2.05) is 32.2 Å². The van der Waals surface area contributed by atoms with Gasteiger partial charge >= 0.3 is 0 Å². The molecule has 1 aromatic heterocycles. The molecule has 1 saturated heterocycles. The number of anilines is 2. The average molecular weight is 626 g/mol. The number of carbonyl (C=O) groups excluding carboxylic acids is 2. The molecule has 2 aromatic carbocycles. The Morgan fingerprint density at radius 3 is 2.41 bits per heavy atom. The highest BCUT2D eigenvalue weighted by Crippen LogP contribution is 2.34. The van der Waals surface area contributed by atoms with Gasteiger partial charge in [-0.2, -0.15) is 0 Å². The molecule has 2 amide bonds. The molecular weight excluding hydrogens is 585 g/mol. The van der Waals surface area contributed by atoms with E-state index in [-0.39, 0.29) is 22.8 Å². The Hall–Kier alpha value is -4.22. The lowest BCUT2D eigenvalue weighted by atomic mass is 10.0. The summed E-state index contributed by atoms with van der Waals surface area (Å²) in [4.78, 5) is 32.0. The van der Waals surface area contributed by atoms with E-state index in [0.29, 0.717) is 29.2 Å². The number of ether oxygens (including phenoxy) is 1. The van der Waals surface area contributed by atoms with E-state index in [1.165, 1.54) is 18.5 Å². The van der Waals surface area contributed by atoms with Crippen LogP contribution in [-0.2, 0) is 9.59 Å². The fraction of sp³-hybridized carbons (Fsp3) is 0.375. The van der Waals surface area contributed by atoms with Gasteiger partial charge in [0.05, 0.1) is 23.6 Å². The molecule has 10 nitrogen and oxygen atoms in total. The minimum absolute atomic E-state index is 0.0208. The van der Waals surface area contributed by atoms with Gasteiger partial charge in [-0.3, -0.25) is 9.59 Å². The molecule has 0 saturated carbocycles. The number of nitrogens with one attached hydrogen (secondary N) is 2. The van der Waals surface area contributed by atoms with Crippen molar-refractivity contribution in [2.75, 3.05) is 32.6 Å². The van der Waals surface area contributed by atoms with Crippen LogP contribution in [0.3, 0.4) is 0 Å². The highest BCUT2D eigenvalue weighted by molar-refractivity contribution is 6.31. The van der Waals surface area contributed by atoms with Gasteiger partial charge in [0, 0.05) is 53.6 Å². The van der Waals surface area contributed by atoms with Gasteiger partial charge in [-0.1, -0.05) is 37.1 Å². The first-order valence-electron chi connectivity index (χ1n) is 14.4. The molecule has 1 aliphatic heterocycles. The van der Waals surface area contributed by atoms with E-state index in [2.05, 4.69) is 32.1 Å². The van der Waals surface area contributed by atoms with E-state index in [9.17, 15) is 14.0 Å². The van der Waals surface area contributed by atoms with Crippen molar-refractivity contribution in [2.45, 2.75) is 45.4 Å². The smallest absolute Gasteiger partial charge is 0.223 e. The average Bonchev–Trinajstić information content (AvgIpc) is 2.97. The first kappa shape index (κ1) is 34.3. The van der Waals surface area contributed by atoms with E-state index in [1.54, 1.807) is 13.2 Å². The molecule has 0 aliphatic carbocycles. The van der Waals surface area contributed by atoms with Crippen LogP contribution < -0.4 is 26.8 Å². The second-order valence-electron chi connectivity index (χ2n) is 10.7. The van der Waals surface area contributed by atoms with E-state index >= 15 is 0 Å².